The van der Waals surface area contributed by atoms with Gasteiger partial charge in [-0.1, -0.05) is 25.1 Å². The van der Waals surface area contributed by atoms with Crippen LogP contribution in [0.3, 0.4) is 0 Å². The Balaban J connectivity index is 2.24. The molecule has 2 N–H and O–H groups in total. The van der Waals surface area contributed by atoms with Gasteiger partial charge >= 0.3 is 0 Å². The Hall–Kier alpha value is -1.81. The van der Waals surface area contributed by atoms with E-state index in [1.54, 1.807) is 0 Å². The van der Waals surface area contributed by atoms with Crippen molar-refractivity contribution in [2.45, 2.75) is 32.9 Å². The Morgan fingerprint density at radius 3 is 2.60 bits per heavy atom. The normalized spacial score (nSPS) is 12.3. The first-order valence-corrected chi connectivity index (χ1v) is 7.34. The van der Waals surface area contributed by atoms with E-state index >= 15 is 0 Å². The number of benzene rings is 1. The van der Waals surface area contributed by atoms with E-state index in [4.69, 9.17) is 5.73 Å². The van der Waals surface area contributed by atoms with E-state index in [-0.39, 0.29) is 6.04 Å². The summed E-state index contributed by atoms with van der Waals surface area (Å²) in [6.07, 6.45) is 5.15. The minimum absolute atomic E-state index is 0.174. The van der Waals surface area contributed by atoms with Crippen LogP contribution in [0.25, 0.3) is 0 Å². The van der Waals surface area contributed by atoms with Gasteiger partial charge in [0.1, 0.15) is 0 Å². The lowest BCUT2D eigenvalue weighted by Gasteiger charge is -2.31. The van der Waals surface area contributed by atoms with Gasteiger partial charge in [0.05, 0.1) is 12.2 Å². The number of nitrogens with zero attached hydrogens (tertiary/aromatic N) is 3. The average Bonchev–Trinajstić information content (AvgIpc) is 2.94. The van der Waals surface area contributed by atoms with Crippen LogP contribution >= 0.6 is 0 Å². The summed E-state index contributed by atoms with van der Waals surface area (Å²) >= 11 is 0. The number of likely N-dealkylation sites (N-methyl/N-ethyl adjacent to an activating group) is 1. The van der Waals surface area contributed by atoms with E-state index < -0.39 is 0 Å². The van der Waals surface area contributed by atoms with E-state index in [2.05, 4.69) is 54.3 Å². The molecule has 1 heterocycles. The summed E-state index contributed by atoms with van der Waals surface area (Å²) in [5.41, 5.74) is 8.41. The minimum atomic E-state index is 0.174. The second-order valence-corrected chi connectivity index (χ2v) is 4.91. The Labute approximate surface area is 121 Å². The maximum Gasteiger partial charge on any atom is 0.0695 e. The lowest BCUT2D eigenvalue weighted by molar-refractivity contribution is 0.598. The molecule has 1 unspecified atom stereocenters. The first kappa shape index (κ1) is 14.6. The molecule has 2 aromatic rings. The fourth-order valence-corrected chi connectivity index (χ4v) is 2.55. The van der Waals surface area contributed by atoms with Crippen LogP contribution in [0.4, 0.5) is 5.69 Å². The number of aryl methyl sites for hydroxylation is 1. The molecule has 1 atom stereocenters. The molecule has 1 aromatic carbocycles. The lowest BCUT2D eigenvalue weighted by atomic mass is 10.1. The van der Waals surface area contributed by atoms with E-state index in [9.17, 15) is 0 Å². The zero-order valence-corrected chi connectivity index (χ0v) is 12.4. The predicted molar refractivity (Wildman–Crippen MR) is 83.8 cm³/mol. The largest absolute Gasteiger partial charge is 0.363 e. The monoisotopic (exact) mass is 272 g/mol. The molecule has 20 heavy (non-hydrogen) atoms. The minimum Gasteiger partial charge on any atom is -0.363 e. The van der Waals surface area contributed by atoms with Gasteiger partial charge in [-0.3, -0.25) is 4.68 Å². The molecule has 0 aliphatic rings. The van der Waals surface area contributed by atoms with Crippen LogP contribution in [0.5, 0.6) is 0 Å². The van der Waals surface area contributed by atoms with Crippen LogP contribution in [0.2, 0.25) is 0 Å². The van der Waals surface area contributed by atoms with Crippen molar-refractivity contribution in [1.29, 1.82) is 0 Å². The van der Waals surface area contributed by atoms with E-state index in [1.807, 2.05) is 16.9 Å². The summed E-state index contributed by atoms with van der Waals surface area (Å²) in [6.45, 7) is 6.77. The van der Waals surface area contributed by atoms with Gasteiger partial charge in [0.25, 0.3) is 0 Å². The van der Waals surface area contributed by atoms with Gasteiger partial charge in [0.2, 0.25) is 0 Å². The molecule has 0 saturated heterocycles. The molecule has 4 heteroatoms. The molecule has 0 amide bonds. The summed E-state index contributed by atoms with van der Waals surface area (Å²) in [5.74, 6) is 0. The zero-order valence-electron chi connectivity index (χ0n) is 12.4. The van der Waals surface area contributed by atoms with Gasteiger partial charge in [-0.15, -0.1) is 0 Å². The maximum atomic E-state index is 6.02. The second-order valence-electron chi connectivity index (χ2n) is 4.91. The average molecular weight is 272 g/mol. The number of para-hydroxylation sites is 1. The van der Waals surface area contributed by atoms with Crippen molar-refractivity contribution in [2.75, 3.05) is 18.0 Å². The van der Waals surface area contributed by atoms with Crippen LogP contribution in [0.1, 0.15) is 31.9 Å². The highest BCUT2D eigenvalue weighted by molar-refractivity contribution is 5.48. The van der Waals surface area contributed by atoms with Crippen molar-refractivity contribution in [2.24, 2.45) is 5.73 Å². The molecule has 0 aliphatic carbocycles. The number of hydrogen-bond acceptors (Lipinski definition) is 3. The Morgan fingerprint density at radius 1 is 1.25 bits per heavy atom. The molecule has 0 saturated carbocycles. The lowest BCUT2D eigenvalue weighted by Crippen LogP contribution is -2.33. The Kier molecular flexibility index (Phi) is 5.18. The van der Waals surface area contributed by atoms with Gasteiger partial charge in [0.15, 0.2) is 0 Å². The molecule has 1 aromatic heterocycles. The molecule has 0 radical (unpaired) electrons. The molecule has 0 fully saturated rings. The molecule has 108 valence electrons. The van der Waals surface area contributed by atoms with Crippen molar-refractivity contribution >= 4 is 5.69 Å². The standard InChI is InChI=1S/C16H24N4/c1-3-10-19-13-14(12-18-19)16(11-17)20(4-2)15-8-6-5-7-9-15/h5-9,12-13,16H,3-4,10-11,17H2,1-2H3. The van der Waals surface area contributed by atoms with Crippen LogP contribution < -0.4 is 10.6 Å². The molecular weight excluding hydrogens is 248 g/mol. The third kappa shape index (κ3) is 3.20. The first-order chi connectivity index (χ1) is 9.80. The molecule has 2 rings (SSSR count). The predicted octanol–water partition coefficient (Wildman–Crippen LogP) is 2.82. The van der Waals surface area contributed by atoms with Crippen LogP contribution in [-0.2, 0) is 6.54 Å². The highest BCUT2D eigenvalue weighted by atomic mass is 15.3. The molecule has 0 aliphatic heterocycles. The van der Waals surface area contributed by atoms with Crippen molar-refractivity contribution < 1.29 is 0 Å². The van der Waals surface area contributed by atoms with Crippen LogP contribution in [0, 0.1) is 0 Å². The Morgan fingerprint density at radius 2 is 2.00 bits per heavy atom. The number of hydrogen-bond donors (Lipinski definition) is 1. The van der Waals surface area contributed by atoms with E-state index in [0.29, 0.717) is 6.54 Å². The van der Waals surface area contributed by atoms with E-state index in [1.165, 1.54) is 11.3 Å². The van der Waals surface area contributed by atoms with Gasteiger partial charge < -0.3 is 10.6 Å². The highest BCUT2D eigenvalue weighted by Gasteiger charge is 2.19. The molecule has 0 bridgehead atoms. The number of aromatic nitrogens is 2. The number of nitrogens with two attached hydrogens (primary N) is 1. The van der Waals surface area contributed by atoms with Gasteiger partial charge in [-0.05, 0) is 25.5 Å². The Bertz CT molecular complexity index is 506. The van der Waals surface area contributed by atoms with Gasteiger partial charge in [-0.25, -0.2) is 0 Å². The zero-order chi connectivity index (χ0) is 14.4. The smallest absolute Gasteiger partial charge is 0.0695 e. The third-order valence-corrected chi connectivity index (χ3v) is 3.52. The first-order valence-electron chi connectivity index (χ1n) is 7.34. The van der Waals surface area contributed by atoms with Gasteiger partial charge in [-0.2, -0.15) is 5.10 Å². The summed E-state index contributed by atoms with van der Waals surface area (Å²) in [7, 11) is 0. The summed E-state index contributed by atoms with van der Waals surface area (Å²) in [4.78, 5) is 2.33. The topological polar surface area (TPSA) is 47.1 Å². The van der Waals surface area contributed by atoms with Crippen molar-refractivity contribution in [3.05, 3.63) is 48.3 Å². The van der Waals surface area contributed by atoms with Crippen molar-refractivity contribution in [1.82, 2.24) is 9.78 Å². The fourth-order valence-electron chi connectivity index (χ4n) is 2.55. The molecule has 0 spiro atoms. The highest BCUT2D eigenvalue weighted by Crippen LogP contribution is 2.25. The van der Waals surface area contributed by atoms with Crippen molar-refractivity contribution in [3.8, 4) is 0 Å². The fraction of sp³-hybridized carbons (Fsp3) is 0.438. The second kappa shape index (κ2) is 7.10. The summed E-state index contributed by atoms with van der Waals surface area (Å²) in [5, 5.41) is 4.42. The van der Waals surface area contributed by atoms with Crippen LogP contribution in [-0.4, -0.2) is 22.9 Å². The third-order valence-electron chi connectivity index (χ3n) is 3.52. The van der Waals surface area contributed by atoms with Crippen LogP contribution in [0.15, 0.2) is 42.7 Å². The quantitative estimate of drug-likeness (QED) is 0.843. The summed E-state index contributed by atoms with van der Waals surface area (Å²) < 4.78 is 2.00. The SMILES string of the molecule is CCCn1cc(C(CN)N(CC)c2ccccc2)cn1. The molecule has 4 nitrogen and oxygen atoms in total. The van der Waals surface area contributed by atoms with Crippen molar-refractivity contribution in [3.63, 3.8) is 0 Å². The van der Waals surface area contributed by atoms with Gasteiger partial charge in [0, 0.05) is 37.1 Å². The number of rotatable bonds is 7. The number of anilines is 1. The van der Waals surface area contributed by atoms with E-state index in [0.717, 1.165) is 19.5 Å². The molecular formula is C16H24N4. The summed E-state index contributed by atoms with van der Waals surface area (Å²) in [6, 6.07) is 10.6. The maximum absolute atomic E-state index is 6.02.